The Morgan fingerprint density at radius 2 is 1.86 bits per heavy atom. The van der Waals surface area contributed by atoms with Crippen LogP contribution in [0.25, 0.3) is 6.08 Å². The standard InChI is InChI=1S/C21H17NO6S/c1-12-3-5-13(6-4-12)15(23)10-22-20(24)19(29-21(22)25)8-14-7-17-18(28-11-27-17)9-16(14)26-2/h3-9H,10-11H2,1-2H3. The van der Waals surface area contributed by atoms with Crippen LogP contribution in [0.3, 0.4) is 0 Å². The van der Waals surface area contributed by atoms with Crippen LogP contribution in [0.15, 0.2) is 41.3 Å². The molecule has 0 unspecified atom stereocenters. The number of benzene rings is 2. The summed E-state index contributed by atoms with van der Waals surface area (Å²) in [5, 5.41) is -0.485. The van der Waals surface area contributed by atoms with E-state index in [1.165, 1.54) is 7.11 Å². The minimum Gasteiger partial charge on any atom is -0.496 e. The van der Waals surface area contributed by atoms with Crippen molar-refractivity contribution in [2.75, 3.05) is 20.4 Å². The van der Waals surface area contributed by atoms with Crippen LogP contribution in [0.2, 0.25) is 0 Å². The van der Waals surface area contributed by atoms with Crippen molar-refractivity contribution in [3.05, 3.63) is 58.0 Å². The second-order valence-corrected chi connectivity index (χ2v) is 7.50. The Morgan fingerprint density at radius 3 is 2.55 bits per heavy atom. The molecule has 2 heterocycles. The third kappa shape index (κ3) is 3.71. The number of amides is 2. The predicted molar refractivity (Wildman–Crippen MR) is 107 cm³/mol. The van der Waals surface area contributed by atoms with Gasteiger partial charge in [0.1, 0.15) is 5.75 Å². The summed E-state index contributed by atoms with van der Waals surface area (Å²) in [7, 11) is 1.50. The zero-order valence-corrected chi connectivity index (χ0v) is 16.6. The maximum atomic E-state index is 12.7. The van der Waals surface area contributed by atoms with Gasteiger partial charge in [-0.1, -0.05) is 29.8 Å². The minimum atomic E-state index is -0.514. The van der Waals surface area contributed by atoms with E-state index < -0.39 is 11.1 Å². The van der Waals surface area contributed by atoms with Crippen LogP contribution in [-0.4, -0.2) is 42.3 Å². The fourth-order valence-corrected chi connectivity index (χ4v) is 3.81. The highest BCUT2D eigenvalue weighted by molar-refractivity contribution is 8.18. The predicted octanol–water partition coefficient (Wildman–Crippen LogP) is 3.65. The van der Waals surface area contributed by atoms with Crippen molar-refractivity contribution in [3.63, 3.8) is 0 Å². The molecular weight excluding hydrogens is 394 g/mol. The van der Waals surface area contributed by atoms with E-state index in [0.29, 0.717) is 28.4 Å². The number of imide groups is 1. The molecule has 7 nitrogen and oxygen atoms in total. The topological polar surface area (TPSA) is 82.1 Å². The summed E-state index contributed by atoms with van der Waals surface area (Å²) in [6.07, 6.45) is 1.56. The third-order valence-corrected chi connectivity index (χ3v) is 5.47. The van der Waals surface area contributed by atoms with Gasteiger partial charge in [-0.3, -0.25) is 19.3 Å². The van der Waals surface area contributed by atoms with E-state index in [4.69, 9.17) is 14.2 Å². The maximum Gasteiger partial charge on any atom is 0.293 e. The molecule has 29 heavy (non-hydrogen) atoms. The normalized spacial score (nSPS) is 16.6. The number of nitrogens with zero attached hydrogens (tertiary/aromatic N) is 1. The summed E-state index contributed by atoms with van der Waals surface area (Å²) in [4.78, 5) is 38.7. The van der Waals surface area contributed by atoms with Gasteiger partial charge in [-0.25, -0.2) is 0 Å². The van der Waals surface area contributed by atoms with E-state index in [-0.39, 0.29) is 24.0 Å². The molecule has 0 aromatic heterocycles. The number of carbonyl (C=O) groups excluding carboxylic acids is 3. The summed E-state index contributed by atoms with van der Waals surface area (Å²) in [5.74, 6) is 0.757. The zero-order chi connectivity index (χ0) is 20.5. The third-order valence-electron chi connectivity index (χ3n) is 4.56. The number of hydrogen-bond donors (Lipinski definition) is 0. The lowest BCUT2D eigenvalue weighted by atomic mass is 10.1. The van der Waals surface area contributed by atoms with Gasteiger partial charge in [0.2, 0.25) is 6.79 Å². The number of thioether (sulfide) groups is 1. The van der Waals surface area contributed by atoms with E-state index in [2.05, 4.69) is 0 Å². The molecule has 2 aliphatic heterocycles. The van der Waals surface area contributed by atoms with Crippen molar-refractivity contribution in [1.82, 2.24) is 4.90 Å². The minimum absolute atomic E-state index is 0.111. The van der Waals surface area contributed by atoms with Crippen molar-refractivity contribution >= 4 is 34.8 Å². The molecule has 1 fully saturated rings. The molecule has 0 spiro atoms. The van der Waals surface area contributed by atoms with Crippen LogP contribution >= 0.6 is 11.8 Å². The molecule has 8 heteroatoms. The quantitative estimate of drug-likeness (QED) is 0.549. The smallest absolute Gasteiger partial charge is 0.293 e. The van der Waals surface area contributed by atoms with E-state index in [9.17, 15) is 14.4 Å². The average molecular weight is 411 g/mol. The number of fused-ring (bicyclic) bond motifs is 1. The fourth-order valence-electron chi connectivity index (χ4n) is 2.98. The van der Waals surface area contributed by atoms with Crippen LogP contribution in [0.5, 0.6) is 17.2 Å². The molecule has 148 valence electrons. The van der Waals surface area contributed by atoms with Crippen molar-refractivity contribution in [2.24, 2.45) is 0 Å². The Balaban J connectivity index is 1.57. The number of ether oxygens (including phenoxy) is 3. The van der Waals surface area contributed by atoms with Gasteiger partial charge in [0.15, 0.2) is 17.3 Å². The molecule has 4 rings (SSSR count). The first-order chi connectivity index (χ1) is 14.0. The van der Waals surface area contributed by atoms with Gasteiger partial charge in [0.25, 0.3) is 11.1 Å². The monoisotopic (exact) mass is 411 g/mol. The van der Waals surface area contributed by atoms with Gasteiger partial charge in [-0.2, -0.15) is 0 Å². The zero-order valence-electron chi connectivity index (χ0n) is 15.8. The molecule has 2 amide bonds. The van der Waals surface area contributed by atoms with Gasteiger partial charge in [-0.15, -0.1) is 0 Å². The average Bonchev–Trinajstić information content (AvgIpc) is 3.27. The Morgan fingerprint density at radius 1 is 1.17 bits per heavy atom. The molecule has 0 bridgehead atoms. The summed E-state index contributed by atoms with van der Waals surface area (Å²) in [5.41, 5.74) is 2.05. The van der Waals surface area contributed by atoms with Gasteiger partial charge in [-0.05, 0) is 30.8 Å². The molecule has 2 aliphatic rings. The molecule has 0 radical (unpaired) electrons. The molecule has 1 saturated heterocycles. The van der Waals surface area contributed by atoms with Gasteiger partial charge in [0, 0.05) is 17.2 Å². The Hall–Kier alpha value is -3.26. The van der Waals surface area contributed by atoms with Crippen LogP contribution in [0.4, 0.5) is 4.79 Å². The molecule has 0 saturated carbocycles. The summed E-state index contributed by atoms with van der Waals surface area (Å²) in [6, 6.07) is 10.3. The van der Waals surface area contributed by atoms with Gasteiger partial charge < -0.3 is 14.2 Å². The Bertz CT molecular complexity index is 1040. The highest BCUT2D eigenvalue weighted by Gasteiger charge is 2.36. The lowest BCUT2D eigenvalue weighted by Crippen LogP contribution is -2.33. The molecular formula is C21H17NO6S. The van der Waals surface area contributed by atoms with Crippen molar-refractivity contribution < 1.29 is 28.6 Å². The number of rotatable bonds is 5. The van der Waals surface area contributed by atoms with Gasteiger partial charge >= 0.3 is 0 Å². The lowest BCUT2D eigenvalue weighted by Gasteiger charge is -2.11. The number of methoxy groups -OCH3 is 1. The van der Waals surface area contributed by atoms with Gasteiger partial charge in [0.05, 0.1) is 18.6 Å². The Labute approximate surface area is 171 Å². The van der Waals surface area contributed by atoms with Crippen LogP contribution in [-0.2, 0) is 4.79 Å². The highest BCUT2D eigenvalue weighted by atomic mass is 32.2. The fraction of sp³-hybridized carbons (Fsp3) is 0.190. The Kier molecular flexibility index (Phi) is 5.02. The number of Topliss-reactive ketones (excluding diaryl/α,β-unsaturated/α-hetero) is 1. The largest absolute Gasteiger partial charge is 0.496 e. The second kappa shape index (κ2) is 7.63. The molecule has 2 aromatic carbocycles. The lowest BCUT2D eigenvalue weighted by molar-refractivity contribution is -0.122. The number of carbonyl (C=O) groups is 3. The summed E-state index contributed by atoms with van der Waals surface area (Å²) < 4.78 is 16.0. The van der Waals surface area contributed by atoms with Crippen molar-refractivity contribution in [2.45, 2.75) is 6.92 Å². The summed E-state index contributed by atoms with van der Waals surface area (Å²) in [6.45, 7) is 1.73. The maximum absolute atomic E-state index is 12.7. The number of hydrogen-bond acceptors (Lipinski definition) is 7. The van der Waals surface area contributed by atoms with E-state index in [1.54, 1.807) is 30.3 Å². The number of ketones is 1. The summed E-state index contributed by atoms with van der Waals surface area (Å²) >= 11 is 0.787. The van der Waals surface area contributed by atoms with Crippen molar-refractivity contribution in [1.29, 1.82) is 0 Å². The second-order valence-electron chi connectivity index (χ2n) is 6.50. The van der Waals surface area contributed by atoms with E-state index in [0.717, 1.165) is 22.2 Å². The molecule has 0 aliphatic carbocycles. The van der Waals surface area contributed by atoms with Crippen molar-refractivity contribution in [3.8, 4) is 17.2 Å². The number of aryl methyl sites for hydroxylation is 1. The molecule has 0 N–H and O–H groups in total. The van der Waals surface area contributed by atoms with Crippen LogP contribution in [0.1, 0.15) is 21.5 Å². The SMILES string of the molecule is COc1cc2c(cc1C=C1SC(=O)N(CC(=O)c3ccc(C)cc3)C1=O)OCO2. The van der Waals surface area contributed by atoms with E-state index >= 15 is 0 Å². The first kappa shape index (κ1) is 19.1. The van der Waals surface area contributed by atoms with E-state index in [1.807, 2.05) is 19.1 Å². The first-order valence-corrected chi connectivity index (χ1v) is 9.61. The molecule has 0 atom stereocenters. The van der Waals surface area contributed by atoms with Crippen LogP contribution in [0, 0.1) is 6.92 Å². The highest BCUT2D eigenvalue weighted by Crippen LogP contribution is 2.40. The molecule has 2 aromatic rings. The van der Waals surface area contributed by atoms with Crippen LogP contribution < -0.4 is 14.2 Å². The first-order valence-electron chi connectivity index (χ1n) is 8.79.